The molecule has 0 radical (unpaired) electrons. The Morgan fingerprint density at radius 3 is 2.95 bits per heavy atom. The van der Waals surface area contributed by atoms with Gasteiger partial charge in [-0.05, 0) is 56.5 Å². The van der Waals surface area contributed by atoms with E-state index in [9.17, 15) is 4.39 Å². The Morgan fingerprint density at radius 2 is 2.19 bits per heavy atom. The van der Waals surface area contributed by atoms with E-state index in [4.69, 9.17) is 0 Å². The number of aryl methyl sites for hydroxylation is 2. The Hall–Kier alpha value is -1.81. The van der Waals surface area contributed by atoms with Gasteiger partial charge in [0.05, 0.1) is 0 Å². The summed E-state index contributed by atoms with van der Waals surface area (Å²) in [6.07, 6.45) is 5.14. The summed E-state index contributed by atoms with van der Waals surface area (Å²) in [6.45, 7) is 4.93. The van der Waals surface area contributed by atoms with Gasteiger partial charge in [0.15, 0.2) is 5.82 Å². The van der Waals surface area contributed by atoms with Crippen molar-refractivity contribution in [2.45, 2.75) is 39.2 Å². The molecule has 0 bridgehead atoms. The van der Waals surface area contributed by atoms with Crippen LogP contribution in [0, 0.1) is 12.7 Å². The van der Waals surface area contributed by atoms with Crippen molar-refractivity contribution in [1.82, 2.24) is 15.3 Å². The van der Waals surface area contributed by atoms with Gasteiger partial charge in [0, 0.05) is 29.1 Å². The summed E-state index contributed by atoms with van der Waals surface area (Å²) < 4.78 is 13.5. The predicted molar refractivity (Wildman–Crippen MR) is 81.5 cm³/mol. The van der Waals surface area contributed by atoms with Crippen LogP contribution in [0.3, 0.4) is 0 Å². The molecule has 0 spiro atoms. The lowest BCUT2D eigenvalue weighted by Crippen LogP contribution is -2.25. The zero-order valence-corrected chi connectivity index (χ0v) is 12.5. The fourth-order valence-electron chi connectivity index (χ4n) is 3.01. The smallest absolute Gasteiger partial charge is 0.159 e. The molecule has 2 aromatic rings. The molecule has 1 aliphatic carbocycles. The molecule has 3 nitrogen and oxygen atoms in total. The number of halogens is 1. The van der Waals surface area contributed by atoms with E-state index < -0.39 is 0 Å². The van der Waals surface area contributed by atoms with Crippen LogP contribution in [0.1, 0.15) is 42.6 Å². The summed E-state index contributed by atoms with van der Waals surface area (Å²) in [5.41, 5.74) is 3.93. The first-order valence-electron chi connectivity index (χ1n) is 7.54. The van der Waals surface area contributed by atoms with Crippen LogP contribution >= 0.6 is 0 Å². The summed E-state index contributed by atoms with van der Waals surface area (Å²) >= 11 is 0. The van der Waals surface area contributed by atoms with Crippen molar-refractivity contribution >= 4 is 0 Å². The van der Waals surface area contributed by atoms with Crippen molar-refractivity contribution in [2.24, 2.45) is 0 Å². The Labute approximate surface area is 124 Å². The van der Waals surface area contributed by atoms with Crippen LogP contribution in [-0.4, -0.2) is 16.5 Å². The van der Waals surface area contributed by atoms with Crippen LogP contribution in [-0.2, 0) is 6.42 Å². The maximum Gasteiger partial charge on any atom is 0.159 e. The van der Waals surface area contributed by atoms with Crippen molar-refractivity contribution in [3.05, 3.63) is 47.0 Å². The molecule has 1 aromatic carbocycles. The number of hydrogen-bond donors (Lipinski definition) is 1. The minimum absolute atomic E-state index is 0.239. The second-order valence-electron chi connectivity index (χ2n) is 5.62. The Kier molecular flexibility index (Phi) is 3.97. The van der Waals surface area contributed by atoms with Gasteiger partial charge in [-0.15, -0.1) is 0 Å². The molecule has 3 rings (SSSR count). The third-order valence-corrected chi connectivity index (χ3v) is 3.93. The Morgan fingerprint density at radius 1 is 1.33 bits per heavy atom. The number of nitrogens with zero attached hydrogens (tertiary/aromatic N) is 2. The Balaban J connectivity index is 1.99. The summed E-state index contributed by atoms with van der Waals surface area (Å²) in [6, 6.07) is 5.29. The van der Waals surface area contributed by atoms with Gasteiger partial charge in [0.2, 0.25) is 0 Å². The highest BCUT2D eigenvalue weighted by Gasteiger charge is 2.21. The molecule has 1 heterocycles. The fraction of sp³-hybridized carbons (Fsp3) is 0.412. The second-order valence-corrected chi connectivity index (χ2v) is 5.62. The van der Waals surface area contributed by atoms with Gasteiger partial charge >= 0.3 is 0 Å². The molecule has 1 aliphatic rings. The molecule has 1 aromatic heterocycles. The van der Waals surface area contributed by atoms with E-state index in [1.807, 2.05) is 19.2 Å². The van der Waals surface area contributed by atoms with Crippen molar-refractivity contribution in [2.75, 3.05) is 6.54 Å². The number of aromatic nitrogens is 2. The molecule has 0 aliphatic heterocycles. The van der Waals surface area contributed by atoms with Crippen LogP contribution in [0.2, 0.25) is 0 Å². The molecule has 110 valence electrons. The van der Waals surface area contributed by atoms with Gasteiger partial charge in [-0.3, -0.25) is 0 Å². The molecule has 21 heavy (non-hydrogen) atoms. The molecule has 1 N–H and O–H groups in total. The number of hydrogen-bond acceptors (Lipinski definition) is 3. The summed E-state index contributed by atoms with van der Waals surface area (Å²) in [7, 11) is 0. The molecular formula is C17H20FN3. The first-order chi connectivity index (χ1) is 10.2. The van der Waals surface area contributed by atoms with Gasteiger partial charge in [-0.1, -0.05) is 6.92 Å². The third-order valence-electron chi connectivity index (χ3n) is 3.93. The fourth-order valence-corrected chi connectivity index (χ4v) is 3.01. The van der Waals surface area contributed by atoms with Crippen LogP contribution in [0.5, 0.6) is 0 Å². The topological polar surface area (TPSA) is 37.8 Å². The van der Waals surface area contributed by atoms with Crippen molar-refractivity contribution < 1.29 is 4.39 Å². The first kappa shape index (κ1) is 14.1. The summed E-state index contributed by atoms with van der Waals surface area (Å²) in [5.74, 6) is 0.380. The summed E-state index contributed by atoms with van der Waals surface area (Å²) in [5, 5.41) is 3.48. The van der Waals surface area contributed by atoms with E-state index in [-0.39, 0.29) is 5.82 Å². The van der Waals surface area contributed by atoms with E-state index in [0.29, 0.717) is 11.9 Å². The maximum atomic E-state index is 13.5. The monoisotopic (exact) mass is 285 g/mol. The Bertz CT molecular complexity index is 634. The van der Waals surface area contributed by atoms with Gasteiger partial charge in [-0.25, -0.2) is 14.4 Å². The van der Waals surface area contributed by atoms with Crippen molar-refractivity contribution in [3.8, 4) is 11.4 Å². The number of nitrogens with one attached hydrogen (secondary N) is 1. The zero-order valence-electron chi connectivity index (χ0n) is 12.5. The third kappa shape index (κ3) is 2.95. The number of fused-ring (bicyclic) bond motifs is 1. The second kappa shape index (κ2) is 5.90. The average molecular weight is 285 g/mol. The van der Waals surface area contributed by atoms with Crippen LogP contribution < -0.4 is 5.32 Å². The normalized spacial score (nSPS) is 17.6. The molecule has 0 saturated heterocycles. The van der Waals surface area contributed by atoms with Crippen molar-refractivity contribution in [3.63, 3.8) is 0 Å². The van der Waals surface area contributed by atoms with E-state index in [2.05, 4.69) is 22.2 Å². The molecule has 0 amide bonds. The van der Waals surface area contributed by atoms with E-state index in [1.54, 1.807) is 0 Å². The predicted octanol–water partition coefficient (Wildman–Crippen LogP) is 3.58. The first-order valence-corrected chi connectivity index (χ1v) is 7.54. The zero-order chi connectivity index (χ0) is 14.8. The number of rotatable bonds is 3. The van der Waals surface area contributed by atoms with E-state index in [0.717, 1.165) is 42.6 Å². The molecular weight excluding hydrogens is 265 g/mol. The molecule has 4 heteroatoms. The highest BCUT2D eigenvalue weighted by atomic mass is 19.1. The van der Waals surface area contributed by atoms with Gasteiger partial charge in [0.1, 0.15) is 5.82 Å². The average Bonchev–Trinajstić information content (AvgIpc) is 2.46. The SMILES string of the molecule is CCNC1CCCc2nc(-c3cc(C)cc(F)c3)ncc21. The van der Waals surface area contributed by atoms with E-state index in [1.165, 1.54) is 17.7 Å². The summed E-state index contributed by atoms with van der Waals surface area (Å²) in [4.78, 5) is 9.14. The lowest BCUT2D eigenvalue weighted by molar-refractivity contribution is 0.464. The molecule has 0 saturated carbocycles. The molecule has 0 fully saturated rings. The highest BCUT2D eigenvalue weighted by molar-refractivity contribution is 5.56. The van der Waals surface area contributed by atoms with Gasteiger partial charge in [0.25, 0.3) is 0 Å². The lowest BCUT2D eigenvalue weighted by Gasteiger charge is -2.25. The minimum atomic E-state index is -0.239. The molecule has 1 atom stereocenters. The number of benzene rings is 1. The quantitative estimate of drug-likeness (QED) is 0.936. The largest absolute Gasteiger partial charge is 0.310 e. The van der Waals surface area contributed by atoms with Gasteiger partial charge in [-0.2, -0.15) is 0 Å². The van der Waals surface area contributed by atoms with Crippen LogP contribution in [0.4, 0.5) is 4.39 Å². The highest BCUT2D eigenvalue weighted by Crippen LogP contribution is 2.29. The van der Waals surface area contributed by atoms with Crippen LogP contribution in [0.25, 0.3) is 11.4 Å². The molecule has 1 unspecified atom stereocenters. The standard InChI is InChI=1S/C17H20FN3/c1-3-19-15-5-4-6-16-14(15)10-20-17(21-16)12-7-11(2)8-13(18)9-12/h7-10,15,19H,3-6H2,1-2H3. The van der Waals surface area contributed by atoms with Crippen molar-refractivity contribution in [1.29, 1.82) is 0 Å². The van der Waals surface area contributed by atoms with E-state index >= 15 is 0 Å². The van der Waals surface area contributed by atoms with Crippen LogP contribution in [0.15, 0.2) is 24.4 Å². The maximum absolute atomic E-state index is 13.5. The lowest BCUT2D eigenvalue weighted by atomic mass is 9.92. The van der Waals surface area contributed by atoms with Gasteiger partial charge < -0.3 is 5.32 Å². The minimum Gasteiger partial charge on any atom is -0.310 e.